The van der Waals surface area contributed by atoms with Crippen LogP contribution < -0.4 is 0 Å². The van der Waals surface area contributed by atoms with E-state index in [-0.39, 0.29) is 0 Å². The molecule has 2 fully saturated rings. The summed E-state index contributed by atoms with van der Waals surface area (Å²) in [6, 6.07) is 0. The quantitative estimate of drug-likeness (QED) is 0.575. The number of rotatable bonds is 0. The van der Waals surface area contributed by atoms with Crippen LogP contribution in [0, 0.1) is 16.7 Å². The zero-order valence-electron chi connectivity index (χ0n) is 9.32. The molecular formula is C13H17Ir. The third-order valence-corrected chi connectivity index (χ3v) is 8.93. The van der Waals surface area contributed by atoms with Crippen molar-refractivity contribution in [1.82, 2.24) is 0 Å². The third-order valence-electron chi connectivity index (χ3n) is 5.42. The number of hydrogen-bond donors (Lipinski definition) is 0. The Balaban J connectivity index is 2.20. The third kappa shape index (κ3) is 0.558. The molecule has 0 aromatic carbocycles. The van der Waals surface area contributed by atoms with Crippen molar-refractivity contribution in [1.29, 1.82) is 0 Å². The zero-order chi connectivity index (χ0) is 10.4. The Kier molecular flexibility index (Phi) is 1.44. The molecule has 2 saturated carbocycles. The summed E-state index contributed by atoms with van der Waals surface area (Å²) in [5.74, 6) is 0.841. The van der Waals surface area contributed by atoms with E-state index in [1.807, 2.05) is 0 Å². The second-order valence-electron chi connectivity index (χ2n) is 5.77. The van der Waals surface area contributed by atoms with Crippen LogP contribution in [0.4, 0.5) is 0 Å². The summed E-state index contributed by atoms with van der Waals surface area (Å²) in [4.78, 5) is 0. The number of hydrogen-bond acceptors (Lipinski definition) is 0. The van der Waals surface area contributed by atoms with Gasteiger partial charge in [-0.3, -0.25) is 0 Å². The van der Waals surface area contributed by atoms with Gasteiger partial charge in [0, 0.05) is 0 Å². The van der Waals surface area contributed by atoms with Gasteiger partial charge in [0.15, 0.2) is 0 Å². The molecular weight excluding hydrogens is 348 g/mol. The summed E-state index contributed by atoms with van der Waals surface area (Å²) >= 11 is 2.47. The van der Waals surface area contributed by atoms with Gasteiger partial charge in [-0.25, -0.2) is 0 Å². The fourth-order valence-electron chi connectivity index (χ4n) is 4.36. The van der Waals surface area contributed by atoms with Gasteiger partial charge in [-0.15, -0.1) is 0 Å². The van der Waals surface area contributed by atoms with Gasteiger partial charge in [-0.2, -0.15) is 0 Å². The van der Waals surface area contributed by atoms with Gasteiger partial charge in [0.25, 0.3) is 0 Å². The van der Waals surface area contributed by atoms with Crippen molar-refractivity contribution in [2.75, 3.05) is 0 Å². The molecule has 0 aromatic rings. The maximum atomic E-state index is 3.67. The Bertz CT molecular complexity index is 397. The molecule has 3 unspecified atom stereocenters. The van der Waals surface area contributed by atoms with Crippen LogP contribution in [0.15, 0.2) is 16.9 Å². The van der Waals surface area contributed by atoms with Crippen molar-refractivity contribution in [2.24, 2.45) is 16.7 Å². The first-order valence-electron chi connectivity index (χ1n) is 5.53. The Morgan fingerprint density at radius 1 is 1.43 bits per heavy atom. The van der Waals surface area contributed by atoms with Crippen molar-refractivity contribution in [3.8, 4) is 0 Å². The van der Waals surface area contributed by atoms with Crippen LogP contribution in [0.1, 0.15) is 40.5 Å². The SMILES string of the molecule is CC1=C=C2CCC23C(C)C(C)(C)[C]13[Ir]. The Hall–Kier alpha value is 0.169. The Labute approximate surface area is 97.0 Å². The zero-order valence-corrected chi connectivity index (χ0v) is 11.7. The van der Waals surface area contributed by atoms with E-state index in [0.717, 1.165) is 5.92 Å². The minimum absolute atomic E-state index is 0.424. The molecule has 14 heavy (non-hydrogen) atoms. The maximum absolute atomic E-state index is 3.67. The van der Waals surface area contributed by atoms with E-state index >= 15 is 0 Å². The van der Waals surface area contributed by atoms with Gasteiger partial charge in [-0.05, 0) is 0 Å². The van der Waals surface area contributed by atoms with E-state index in [9.17, 15) is 0 Å². The van der Waals surface area contributed by atoms with Crippen LogP contribution in [0.25, 0.3) is 0 Å². The molecule has 1 spiro atoms. The van der Waals surface area contributed by atoms with Gasteiger partial charge in [0.05, 0.1) is 0 Å². The summed E-state index contributed by atoms with van der Waals surface area (Å²) in [5.41, 5.74) is 7.84. The average Bonchev–Trinajstić information content (AvgIpc) is 2.23. The standard InChI is InChI=1S/C13H17.Ir/c1-8-7-10-5-6-13(10)9(2)12(3,4)11(8)13;/h9H,5-6H2,1-4H3;. The molecule has 0 N–H and O–H groups in total. The summed E-state index contributed by atoms with van der Waals surface area (Å²) in [5, 5.41) is 0. The fraction of sp³-hybridized carbons (Fsp3) is 0.769. The summed E-state index contributed by atoms with van der Waals surface area (Å²) in [6.45, 7) is 9.62. The Morgan fingerprint density at radius 2 is 2.07 bits per heavy atom. The molecule has 0 amide bonds. The van der Waals surface area contributed by atoms with Gasteiger partial charge >= 0.3 is 97.0 Å². The van der Waals surface area contributed by atoms with Crippen LogP contribution >= 0.6 is 0 Å². The van der Waals surface area contributed by atoms with Crippen molar-refractivity contribution < 1.29 is 18.9 Å². The molecule has 1 heteroatoms. The topological polar surface area (TPSA) is 0 Å². The van der Waals surface area contributed by atoms with Crippen LogP contribution in [0.5, 0.6) is 0 Å². The van der Waals surface area contributed by atoms with Gasteiger partial charge in [-0.1, -0.05) is 0 Å². The molecule has 0 aliphatic heterocycles. The molecule has 3 atom stereocenters. The van der Waals surface area contributed by atoms with Crippen LogP contribution in [0.3, 0.4) is 0 Å². The van der Waals surface area contributed by atoms with E-state index in [1.54, 1.807) is 5.57 Å². The average molecular weight is 365 g/mol. The van der Waals surface area contributed by atoms with E-state index in [2.05, 4.69) is 52.3 Å². The first-order chi connectivity index (χ1) is 6.39. The minimum atomic E-state index is 0.424. The molecule has 0 aromatic heterocycles. The van der Waals surface area contributed by atoms with Crippen molar-refractivity contribution in [2.45, 2.75) is 44.5 Å². The van der Waals surface area contributed by atoms with E-state index in [0.29, 0.717) is 14.8 Å². The van der Waals surface area contributed by atoms with Gasteiger partial charge < -0.3 is 0 Å². The Morgan fingerprint density at radius 3 is 2.50 bits per heavy atom. The first-order valence-corrected chi connectivity index (χ1v) is 6.73. The van der Waals surface area contributed by atoms with Crippen molar-refractivity contribution >= 4 is 0 Å². The van der Waals surface area contributed by atoms with E-state index in [1.165, 1.54) is 18.4 Å². The molecule has 0 bridgehead atoms. The monoisotopic (exact) mass is 366 g/mol. The van der Waals surface area contributed by atoms with Crippen molar-refractivity contribution in [3.63, 3.8) is 0 Å². The molecule has 0 nitrogen and oxygen atoms in total. The fourth-order valence-corrected chi connectivity index (χ4v) is 6.20. The van der Waals surface area contributed by atoms with Gasteiger partial charge in [0.1, 0.15) is 0 Å². The molecule has 3 rings (SSSR count). The molecule has 0 radical (unpaired) electrons. The van der Waals surface area contributed by atoms with Gasteiger partial charge in [0.2, 0.25) is 0 Å². The predicted molar refractivity (Wildman–Crippen MR) is 53.5 cm³/mol. The molecule has 0 heterocycles. The summed E-state index contributed by atoms with van der Waals surface area (Å²) in [7, 11) is 0. The second kappa shape index (κ2) is 2.14. The van der Waals surface area contributed by atoms with Crippen LogP contribution in [-0.2, 0) is 18.9 Å². The molecule has 3 aliphatic rings. The van der Waals surface area contributed by atoms with Crippen LogP contribution in [-0.4, -0.2) is 0 Å². The summed E-state index contributed by atoms with van der Waals surface area (Å²) < 4.78 is 0.424. The first kappa shape index (κ1) is 9.40. The summed E-state index contributed by atoms with van der Waals surface area (Å²) in [6.07, 6.45) is 2.72. The normalized spacial score (nSPS) is 52.3. The second-order valence-corrected chi connectivity index (χ2v) is 7.56. The predicted octanol–water partition coefficient (Wildman–Crippen LogP) is 3.63. The molecule has 0 saturated heterocycles. The van der Waals surface area contributed by atoms with E-state index in [4.69, 9.17) is 0 Å². The molecule has 3 aliphatic carbocycles. The van der Waals surface area contributed by atoms with Crippen molar-refractivity contribution in [3.05, 3.63) is 16.9 Å². The van der Waals surface area contributed by atoms with E-state index < -0.39 is 0 Å². The molecule has 78 valence electrons. The van der Waals surface area contributed by atoms with Crippen LogP contribution in [0.2, 0.25) is 3.93 Å². The number of allylic oxidation sites excluding steroid dienone is 1.